The van der Waals surface area contributed by atoms with E-state index in [4.69, 9.17) is 0 Å². The highest BCUT2D eigenvalue weighted by Gasteiger charge is 2.37. The molecular formula is C16H32N2O. The maximum Gasteiger partial charge on any atom is 0.0558 e. The predicted molar refractivity (Wildman–Crippen MR) is 80.3 cm³/mol. The number of aliphatic hydroxyl groups is 1. The predicted octanol–water partition coefficient (Wildman–Crippen LogP) is 2.39. The number of hydrogen-bond donors (Lipinski definition) is 2. The van der Waals surface area contributed by atoms with Crippen molar-refractivity contribution in [2.75, 3.05) is 26.2 Å². The zero-order valence-electron chi connectivity index (χ0n) is 12.8. The van der Waals surface area contributed by atoms with Crippen LogP contribution < -0.4 is 5.32 Å². The highest BCUT2D eigenvalue weighted by atomic mass is 16.3. The monoisotopic (exact) mass is 268 g/mol. The second-order valence-corrected chi connectivity index (χ2v) is 7.02. The van der Waals surface area contributed by atoms with Crippen molar-refractivity contribution in [3.63, 3.8) is 0 Å². The molecule has 0 radical (unpaired) electrons. The Bertz CT molecular complexity index is 257. The lowest BCUT2D eigenvalue weighted by Gasteiger charge is -2.43. The fourth-order valence-corrected chi connectivity index (χ4v) is 3.64. The SMILES string of the molecule is CC(C)NCC1(CN(CCO)C2CCC2)CCCC1. The summed E-state index contributed by atoms with van der Waals surface area (Å²) in [5, 5.41) is 13.0. The van der Waals surface area contributed by atoms with E-state index in [9.17, 15) is 5.11 Å². The van der Waals surface area contributed by atoms with E-state index in [-0.39, 0.29) is 0 Å². The molecule has 0 aromatic heterocycles. The van der Waals surface area contributed by atoms with Gasteiger partial charge in [-0.1, -0.05) is 33.1 Å². The van der Waals surface area contributed by atoms with Crippen LogP contribution in [0.5, 0.6) is 0 Å². The fraction of sp³-hybridized carbons (Fsp3) is 1.00. The van der Waals surface area contributed by atoms with E-state index in [1.165, 1.54) is 51.5 Å². The molecule has 0 unspecified atom stereocenters. The third-order valence-electron chi connectivity index (χ3n) is 5.07. The fourth-order valence-electron chi connectivity index (χ4n) is 3.64. The molecule has 0 aromatic rings. The minimum atomic E-state index is 0.310. The summed E-state index contributed by atoms with van der Waals surface area (Å²) in [4.78, 5) is 2.58. The van der Waals surface area contributed by atoms with Gasteiger partial charge in [0.25, 0.3) is 0 Å². The zero-order chi connectivity index (χ0) is 13.7. The van der Waals surface area contributed by atoms with Crippen LogP contribution in [-0.2, 0) is 0 Å². The lowest BCUT2D eigenvalue weighted by Crippen LogP contribution is -2.50. The first-order valence-corrected chi connectivity index (χ1v) is 8.23. The number of rotatable bonds is 8. The van der Waals surface area contributed by atoms with Crippen LogP contribution in [0.15, 0.2) is 0 Å². The van der Waals surface area contributed by atoms with Crippen LogP contribution in [0.1, 0.15) is 58.8 Å². The first kappa shape index (κ1) is 15.3. The van der Waals surface area contributed by atoms with Crippen molar-refractivity contribution in [1.82, 2.24) is 10.2 Å². The van der Waals surface area contributed by atoms with E-state index in [1.54, 1.807) is 0 Å². The molecule has 0 aromatic carbocycles. The molecule has 2 saturated carbocycles. The van der Waals surface area contributed by atoms with Crippen LogP contribution >= 0.6 is 0 Å². The van der Waals surface area contributed by atoms with Gasteiger partial charge in [0.2, 0.25) is 0 Å². The van der Waals surface area contributed by atoms with Crippen LogP contribution in [0.25, 0.3) is 0 Å². The second kappa shape index (κ2) is 7.05. The summed E-state index contributed by atoms with van der Waals surface area (Å²) in [6.07, 6.45) is 9.56. The topological polar surface area (TPSA) is 35.5 Å². The Morgan fingerprint density at radius 1 is 1.21 bits per heavy atom. The molecule has 0 saturated heterocycles. The van der Waals surface area contributed by atoms with Gasteiger partial charge in [-0.25, -0.2) is 0 Å². The van der Waals surface area contributed by atoms with Crippen LogP contribution in [0.4, 0.5) is 0 Å². The quantitative estimate of drug-likeness (QED) is 0.709. The normalized spacial score (nSPS) is 23.2. The van der Waals surface area contributed by atoms with Gasteiger partial charge in [0.15, 0.2) is 0 Å². The molecule has 112 valence electrons. The van der Waals surface area contributed by atoms with Crippen LogP contribution in [0, 0.1) is 5.41 Å². The van der Waals surface area contributed by atoms with Gasteiger partial charge in [-0.05, 0) is 31.1 Å². The summed E-state index contributed by atoms with van der Waals surface area (Å²) >= 11 is 0. The summed E-state index contributed by atoms with van der Waals surface area (Å²) in [5.41, 5.74) is 0.467. The van der Waals surface area contributed by atoms with Gasteiger partial charge in [0, 0.05) is 31.7 Å². The Hall–Kier alpha value is -0.120. The number of aliphatic hydroxyl groups excluding tert-OH is 1. The maximum absolute atomic E-state index is 9.32. The Morgan fingerprint density at radius 3 is 2.37 bits per heavy atom. The molecule has 2 rings (SSSR count). The average Bonchev–Trinajstić information content (AvgIpc) is 2.74. The van der Waals surface area contributed by atoms with Gasteiger partial charge < -0.3 is 10.4 Å². The van der Waals surface area contributed by atoms with E-state index in [0.29, 0.717) is 18.1 Å². The summed E-state index contributed by atoms with van der Waals surface area (Å²) in [6.45, 7) is 8.00. The van der Waals surface area contributed by atoms with Crippen LogP contribution in [-0.4, -0.2) is 48.3 Å². The molecular weight excluding hydrogens is 236 g/mol. The van der Waals surface area contributed by atoms with E-state index in [0.717, 1.165) is 19.1 Å². The smallest absolute Gasteiger partial charge is 0.0558 e. The summed E-state index contributed by atoms with van der Waals surface area (Å²) in [6, 6.07) is 1.33. The minimum Gasteiger partial charge on any atom is -0.395 e. The third-order valence-corrected chi connectivity index (χ3v) is 5.07. The minimum absolute atomic E-state index is 0.310. The first-order chi connectivity index (χ1) is 9.15. The van der Waals surface area contributed by atoms with Crippen molar-refractivity contribution in [2.24, 2.45) is 5.41 Å². The molecule has 0 heterocycles. The van der Waals surface area contributed by atoms with Gasteiger partial charge in [-0.3, -0.25) is 4.90 Å². The first-order valence-electron chi connectivity index (χ1n) is 8.23. The molecule has 3 heteroatoms. The van der Waals surface area contributed by atoms with E-state index in [2.05, 4.69) is 24.1 Å². The third kappa shape index (κ3) is 4.17. The molecule has 2 aliphatic carbocycles. The van der Waals surface area contributed by atoms with Gasteiger partial charge in [-0.15, -0.1) is 0 Å². The lowest BCUT2D eigenvalue weighted by atomic mass is 9.82. The Labute approximate surface area is 118 Å². The molecule has 2 fully saturated rings. The largest absolute Gasteiger partial charge is 0.395 e. The number of nitrogens with one attached hydrogen (secondary N) is 1. The van der Waals surface area contributed by atoms with E-state index >= 15 is 0 Å². The molecule has 3 nitrogen and oxygen atoms in total. The number of hydrogen-bond acceptors (Lipinski definition) is 3. The van der Waals surface area contributed by atoms with Crippen LogP contribution in [0.3, 0.4) is 0 Å². The highest BCUT2D eigenvalue weighted by molar-refractivity contribution is 4.92. The maximum atomic E-state index is 9.32. The molecule has 0 bridgehead atoms. The molecule has 0 atom stereocenters. The average molecular weight is 268 g/mol. The van der Waals surface area contributed by atoms with Crippen molar-refractivity contribution in [3.8, 4) is 0 Å². The highest BCUT2D eigenvalue weighted by Crippen LogP contribution is 2.40. The standard InChI is InChI=1S/C16H32N2O/c1-14(2)17-12-16(8-3-4-9-16)13-18(10-11-19)15-6-5-7-15/h14-15,17,19H,3-13H2,1-2H3. The van der Waals surface area contributed by atoms with E-state index < -0.39 is 0 Å². The Kier molecular flexibility index (Phi) is 5.67. The van der Waals surface area contributed by atoms with Crippen molar-refractivity contribution in [1.29, 1.82) is 0 Å². The molecule has 0 amide bonds. The van der Waals surface area contributed by atoms with Gasteiger partial charge in [0.1, 0.15) is 0 Å². The Morgan fingerprint density at radius 2 is 1.89 bits per heavy atom. The van der Waals surface area contributed by atoms with E-state index in [1.807, 2.05) is 0 Å². The molecule has 0 aliphatic heterocycles. The van der Waals surface area contributed by atoms with Crippen molar-refractivity contribution in [3.05, 3.63) is 0 Å². The summed E-state index contributed by atoms with van der Waals surface area (Å²) in [7, 11) is 0. The van der Waals surface area contributed by atoms with Crippen molar-refractivity contribution < 1.29 is 5.11 Å². The second-order valence-electron chi connectivity index (χ2n) is 7.02. The van der Waals surface area contributed by atoms with Crippen LogP contribution in [0.2, 0.25) is 0 Å². The van der Waals surface area contributed by atoms with Crippen molar-refractivity contribution >= 4 is 0 Å². The van der Waals surface area contributed by atoms with Gasteiger partial charge in [0.05, 0.1) is 6.61 Å². The number of nitrogens with zero attached hydrogens (tertiary/aromatic N) is 1. The van der Waals surface area contributed by atoms with Gasteiger partial charge in [-0.2, -0.15) is 0 Å². The summed E-state index contributed by atoms with van der Waals surface area (Å²) in [5.74, 6) is 0. The van der Waals surface area contributed by atoms with Crippen molar-refractivity contribution in [2.45, 2.75) is 70.9 Å². The Balaban J connectivity index is 1.93. The molecule has 2 aliphatic rings. The lowest BCUT2D eigenvalue weighted by molar-refractivity contribution is 0.0532. The molecule has 0 spiro atoms. The van der Waals surface area contributed by atoms with Gasteiger partial charge >= 0.3 is 0 Å². The molecule has 19 heavy (non-hydrogen) atoms. The molecule has 2 N–H and O–H groups in total. The summed E-state index contributed by atoms with van der Waals surface area (Å²) < 4.78 is 0. The zero-order valence-corrected chi connectivity index (χ0v) is 12.8.